The molecule has 0 spiro atoms. The summed E-state index contributed by atoms with van der Waals surface area (Å²) in [5.74, 6) is 5.10. The van der Waals surface area contributed by atoms with Gasteiger partial charge in [-0.25, -0.2) is 39.9 Å². The van der Waals surface area contributed by atoms with Crippen LogP contribution in [0.2, 0.25) is 0 Å². The Morgan fingerprint density at radius 3 is 0.991 bits per heavy atom. The van der Waals surface area contributed by atoms with Crippen LogP contribution >= 0.6 is 22.7 Å². The van der Waals surface area contributed by atoms with Gasteiger partial charge in [-0.15, -0.1) is 22.7 Å². The number of benzene rings is 13. The van der Waals surface area contributed by atoms with Crippen LogP contribution in [0.3, 0.4) is 0 Å². The van der Waals surface area contributed by atoms with E-state index in [2.05, 4.69) is 285 Å². The Kier molecular flexibility index (Phi) is 16.3. The van der Waals surface area contributed by atoms with Crippen LogP contribution in [0.15, 0.2) is 346 Å². The molecular weight excluding hydrogens is 1380 g/mol. The van der Waals surface area contributed by atoms with Gasteiger partial charge in [-0.05, 0) is 129 Å². The van der Waals surface area contributed by atoms with Crippen LogP contribution in [-0.4, -0.2) is 49.0 Å². The molecule has 0 bridgehead atoms. The maximum atomic E-state index is 5.16. The average Bonchev–Trinajstić information content (AvgIpc) is 1.57. The SMILES string of the molecule is CC(C)(C)c1ccc(-c2nc(-c3ccccc3)nc(-c3cccnc3-n3c4ccccc4c4cc(-c5cccc6sc7ccccc7c56)ccc43)n2)cc1.c1ccc(-c2ccc(-c3nc(-c4ccccc4)nc(-c4cccnc4-n4c5ccccc5c5cc(-c6cccc7sc8ccccc8c67)ccc54)n3)cc2)cc1. The van der Waals surface area contributed by atoms with E-state index in [1.165, 1.54) is 68.2 Å². The van der Waals surface area contributed by atoms with Gasteiger partial charge >= 0.3 is 0 Å². The maximum absolute atomic E-state index is 5.16. The number of pyridine rings is 2. The van der Waals surface area contributed by atoms with Gasteiger partial charge < -0.3 is 0 Å². The number of rotatable bonds is 11. The Bertz CT molecular complexity index is 7120. The van der Waals surface area contributed by atoms with Crippen molar-refractivity contribution in [2.75, 3.05) is 0 Å². The van der Waals surface area contributed by atoms with Crippen LogP contribution in [0.4, 0.5) is 0 Å². The molecule has 21 rings (SSSR count). The lowest BCUT2D eigenvalue weighted by atomic mass is 9.87. The van der Waals surface area contributed by atoms with Gasteiger partial charge in [0.05, 0.1) is 33.2 Å². The Labute approximate surface area is 642 Å². The standard InChI is InChI=1S/C50H31N5S.C48H35N5S/c1-3-13-32(14-4-1)33-24-26-35(27-25-33)48-52-47(34-15-5-2-6-16-34)53-49(54-48)40-20-12-30-51-50(40)55-42-21-9-7-17-38(42)41-31-36(28-29-43(41)55)37-19-11-23-45-46(37)39-18-8-10-22-44(39)56-45;1-48(2,3)33-25-22-31(23-26-33)45-50-44(30-13-5-4-6-14-30)51-46(52-45)37-18-12-28-49-47(37)53-39-19-9-7-15-35(39)38-29-32(24-27-40(38)53)34-17-11-21-42-43(34)36-16-8-10-20-41(36)54-42/h1-31H;4-29H,1-3H3. The molecule has 520 valence electrons. The molecule has 12 heteroatoms. The van der Waals surface area contributed by atoms with Gasteiger partial charge in [0.15, 0.2) is 34.9 Å². The van der Waals surface area contributed by atoms with E-state index in [0.29, 0.717) is 34.9 Å². The van der Waals surface area contributed by atoms with Crippen molar-refractivity contribution in [2.24, 2.45) is 0 Å². The first-order valence-corrected chi connectivity index (χ1v) is 38.5. The molecular formula is C98H66N10S2. The summed E-state index contributed by atoms with van der Waals surface area (Å²) < 4.78 is 9.71. The van der Waals surface area contributed by atoms with Crippen LogP contribution in [0, 0.1) is 0 Å². The van der Waals surface area contributed by atoms with Gasteiger partial charge in [0.25, 0.3) is 0 Å². The molecule has 21 aromatic rings. The number of hydrogen-bond acceptors (Lipinski definition) is 10. The average molecular weight is 1450 g/mol. The van der Waals surface area contributed by atoms with Gasteiger partial charge in [0.2, 0.25) is 0 Å². The zero-order valence-electron chi connectivity index (χ0n) is 60.2. The third-order valence-electron chi connectivity index (χ3n) is 20.8. The van der Waals surface area contributed by atoms with Crippen molar-refractivity contribution >= 4 is 107 Å². The summed E-state index contributed by atoms with van der Waals surface area (Å²) in [6, 6.07) is 117. The molecule has 0 aliphatic rings. The summed E-state index contributed by atoms with van der Waals surface area (Å²) in [6.45, 7) is 6.67. The zero-order valence-corrected chi connectivity index (χ0v) is 61.8. The lowest BCUT2D eigenvalue weighted by molar-refractivity contribution is 0.590. The molecule has 8 aromatic heterocycles. The lowest BCUT2D eigenvalue weighted by Crippen LogP contribution is -2.10. The second-order valence-electron chi connectivity index (χ2n) is 28.6. The van der Waals surface area contributed by atoms with Crippen molar-refractivity contribution in [3.63, 3.8) is 0 Å². The van der Waals surface area contributed by atoms with Crippen LogP contribution in [0.25, 0.3) is 197 Å². The van der Waals surface area contributed by atoms with E-state index in [9.17, 15) is 0 Å². The molecule has 110 heavy (non-hydrogen) atoms. The van der Waals surface area contributed by atoms with E-state index in [4.69, 9.17) is 39.9 Å². The summed E-state index contributed by atoms with van der Waals surface area (Å²) in [6.07, 6.45) is 3.69. The number of para-hydroxylation sites is 2. The van der Waals surface area contributed by atoms with Gasteiger partial charge in [-0.2, -0.15) is 0 Å². The Morgan fingerprint density at radius 2 is 0.555 bits per heavy atom. The zero-order chi connectivity index (χ0) is 73.4. The van der Waals surface area contributed by atoms with E-state index in [1.54, 1.807) is 0 Å². The van der Waals surface area contributed by atoms with Crippen molar-refractivity contribution < 1.29 is 0 Å². The fourth-order valence-electron chi connectivity index (χ4n) is 15.5. The largest absolute Gasteiger partial charge is 0.293 e. The van der Waals surface area contributed by atoms with E-state index in [1.807, 2.05) is 114 Å². The number of fused-ring (bicyclic) bond motifs is 12. The molecule has 0 aliphatic heterocycles. The lowest BCUT2D eigenvalue weighted by Gasteiger charge is -2.19. The molecule has 0 saturated carbocycles. The predicted molar refractivity (Wildman–Crippen MR) is 457 cm³/mol. The molecule has 13 aromatic carbocycles. The molecule has 0 amide bonds. The third-order valence-corrected chi connectivity index (χ3v) is 23.1. The van der Waals surface area contributed by atoms with Crippen LogP contribution in [-0.2, 0) is 5.41 Å². The summed E-state index contributed by atoms with van der Waals surface area (Å²) in [5.41, 5.74) is 18.0. The van der Waals surface area contributed by atoms with Crippen molar-refractivity contribution in [1.82, 2.24) is 49.0 Å². The first-order valence-electron chi connectivity index (χ1n) is 36.9. The topological polar surface area (TPSA) is 113 Å². The Morgan fingerprint density at radius 1 is 0.236 bits per heavy atom. The Balaban J connectivity index is 0.000000144. The van der Waals surface area contributed by atoms with E-state index < -0.39 is 0 Å². The molecule has 0 fully saturated rings. The van der Waals surface area contributed by atoms with Crippen LogP contribution < -0.4 is 0 Å². The second kappa shape index (κ2) is 27.2. The maximum Gasteiger partial charge on any atom is 0.167 e. The molecule has 0 saturated heterocycles. The highest BCUT2D eigenvalue weighted by Gasteiger charge is 2.25. The summed E-state index contributed by atoms with van der Waals surface area (Å²) in [5, 5.41) is 9.84. The first kappa shape index (κ1) is 65.7. The molecule has 0 radical (unpaired) electrons. The Hall–Kier alpha value is -13.8. The number of aromatic nitrogens is 10. The minimum atomic E-state index is 0.0390. The quantitative estimate of drug-likeness (QED) is 0.126. The summed E-state index contributed by atoms with van der Waals surface area (Å²) in [4.78, 5) is 40.7. The van der Waals surface area contributed by atoms with Crippen molar-refractivity contribution in [1.29, 1.82) is 0 Å². The van der Waals surface area contributed by atoms with Crippen LogP contribution in [0.5, 0.6) is 0 Å². The molecule has 0 unspecified atom stereocenters. The van der Waals surface area contributed by atoms with E-state index in [0.717, 1.165) is 99.8 Å². The minimum absolute atomic E-state index is 0.0390. The first-order chi connectivity index (χ1) is 54.2. The number of hydrogen-bond donors (Lipinski definition) is 0. The van der Waals surface area contributed by atoms with Gasteiger partial charge in [0, 0.05) is 96.5 Å². The predicted octanol–water partition coefficient (Wildman–Crippen LogP) is 25.8. The molecule has 0 atom stereocenters. The van der Waals surface area contributed by atoms with Gasteiger partial charge in [0.1, 0.15) is 11.6 Å². The fraction of sp³-hybridized carbons (Fsp3) is 0.0408. The van der Waals surface area contributed by atoms with Crippen LogP contribution in [0.1, 0.15) is 26.3 Å². The normalized spacial score (nSPS) is 11.8. The molecule has 0 N–H and O–H groups in total. The highest BCUT2D eigenvalue weighted by atomic mass is 32.1. The van der Waals surface area contributed by atoms with Crippen molar-refractivity contribution in [3.05, 3.63) is 352 Å². The highest BCUT2D eigenvalue weighted by Crippen LogP contribution is 2.46. The van der Waals surface area contributed by atoms with Crippen molar-refractivity contribution in [3.8, 4) is 113 Å². The molecule has 10 nitrogen and oxygen atoms in total. The second-order valence-corrected chi connectivity index (χ2v) is 30.8. The fourth-order valence-corrected chi connectivity index (χ4v) is 17.8. The summed E-state index contributed by atoms with van der Waals surface area (Å²) >= 11 is 3.70. The molecule has 0 aliphatic carbocycles. The van der Waals surface area contributed by atoms with Gasteiger partial charge in [-0.1, -0.05) is 269 Å². The third kappa shape index (κ3) is 11.7. The van der Waals surface area contributed by atoms with Crippen molar-refractivity contribution in [2.45, 2.75) is 26.2 Å². The number of thiophene rings is 2. The summed E-state index contributed by atoms with van der Waals surface area (Å²) in [7, 11) is 0. The minimum Gasteiger partial charge on any atom is -0.293 e. The monoisotopic (exact) mass is 1450 g/mol. The molecule has 8 heterocycles. The van der Waals surface area contributed by atoms with E-state index >= 15 is 0 Å². The number of nitrogens with zero attached hydrogens (tertiary/aromatic N) is 10. The highest BCUT2D eigenvalue weighted by molar-refractivity contribution is 7.26. The van der Waals surface area contributed by atoms with E-state index in [-0.39, 0.29) is 5.41 Å². The van der Waals surface area contributed by atoms with Gasteiger partial charge in [-0.3, -0.25) is 9.13 Å². The smallest absolute Gasteiger partial charge is 0.167 e.